The van der Waals surface area contributed by atoms with Crippen molar-refractivity contribution in [1.29, 1.82) is 0 Å². The van der Waals surface area contributed by atoms with Crippen molar-refractivity contribution in [3.05, 3.63) is 69.8 Å². The summed E-state index contributed by atoms with van der Waals surface area (Å²) in [6.45, 7) is 0. The number of benzene rings is 2. The molecule has 0 aliphatic heterocycles. The Balaban J connectivity index is 2.04. The number of amides is 1. The lowest BCUT2D eigenvalue weighted by atomic mass is 10.2. The number of carbonyl (C=O) groups is 2. The van der Waals surface area contributed by atoms with Crippen LogP contribution in [-0.2, 0) is 4.74 Å². The van der Waals surface area contributed by atoms with Gasteiger partial charge < -0.3 is 9.47 Å². The Labute approximate surface area is 142 Å². The van der Waals surface area contributed by atoms with Gasteiger partial charge in [-0.1, -0.05) is 12.1 Å². The van der Waals surface area contributed by atoms with E-state index >= 15 is 0 Å². The number of nitro groups is 1. The standard InChI is InChI=1S/C16H13N3O6/c1-24-16(21)18-17-10-11-3-2-4-14(9-11)25-15(20)12-5-7-13(8-6-12)19(22)23/h2-10H,1H3,(H,18,21)/b17-10-. The fraction of sp³-hybridized carbons (Fsp3) is 0.0625. The van der Waals surface area contributed by atoms with Gasteiger partial charge in [0.25, 0.3) is 5.69 Å². The maximum atomic E-state index is 12.0. The average molecular weight is 343 g/mol. The molecule has 0 atom stereocenters. The molecular formula is C16H13N3O6. The van der Waals surface area contributed by atoms with Gasteiger partial charge in [-0.05, 0) is 29.8 Å². The summed E-state index contributed by atoms with van der Waals surface area (Å²) >= 11 is 0. The number of carbonyl (C=O) groups excluding carboxylic acids is 2. The van der Waals surface area contributed by atoms with E-state index in [1.165, 1.54) is 43.7 Å². The van der Waals surface area contributed by atoms with E-state index in [0.717, 1.165) is 0 Å². The van der Waals surface area contributed by atoms with E-state index in [1.54, 1.807) is 18.2 Å². The molecule has 0 bridgehead atoms. The Hall–Kier alpha value is -3.75. The normalized spacial score (nSPS) is 10.3. The highest BCUT2D eigenvalue weighted by atomic mass is 16.6. The van der Waals surface area contributed by atoms with E-state index in [1.807, 2.05) is 0 Å². The molecule has 0 aromatic heterocycles. The molecule has 9 nitrogen and oxygen atoms in total. The molecule has 9 heteroatoms. The molecule has 0 radical (unpaired) electrons. The highest BCUT2D eigenvalue weighted by Gasteiger charge is 2.11. The number of non-ortho nitro benzene ring substituents is 1. The fourth-order valence-electron chi connectivity index (χ4n) is 1.75. The smallest absolute Gasteiger partial charge is 0.427 e. The maximum absolute atomic E-state index is 12.0. The van der Waals surface area contributed by atoms with Crippen LogP contribution in [0.4, 0.5) is 10.5 Å². The topological polar surface area (TPSA) is 120 Å². The van der Waals surface area contributed by atoms with Crippen LogP contribution in [0.3, 0.4) is 0 Å². The summed E-state index contributed by atoms with van der Waals surface area (Å²) in [7, 11) is 1.21. The van der Waals surface area contributed by atoms with Crippen molar-refractivity contribution in [1.82, 2.24) is 5.43 Å². The summed E-state index contributed by atoms with van der Waals surface area (Å²) < 4.78 is 9.57. The van der Waals surface area contributed by atoms with Crippen LogP contribution in [0, 0.1) is 10.1 Å². The number of rotatable bonds is 5. The van der Waals surface area contributed by atoms with Crippen LogP contribution in [0.25, 0.3) is 0 Å². The van der Waals surface area contributed by atoms with Crippen LogP contribution in [0.1, 0.15) is 15.9 Å². The van der Waals surface area contributed by atoms with Crippen molar-refractivity contribution in [3.63, 3.8) is 0 Å². The van der Waals surface area contributed by atoms with Crippen LogP contribution in [0.2, 0.25) is 0 Å². The maximum Gasteiger partial charge on any atom is 0.427 e. The Morgan fingerprint density at radius 1 is 1.20 bits per heavy atom. The van der Waals surface area contributed by atoms with Crippen LogP contribution in [0.15, 0.2) is 53.6 Å². The second-order valence-electron chi connectivity index (χ2n) is 4.63. The highest BCUT2D eigenvalue weighted by molar-refractivity contribution is 5.91. The molecule has 0 fully saturated rings. The van der Waals surface area contributed by atoms with Crippen molar-refractivity contribution in [2.45, 2.75) is 0 Å². The number of nitro benzene ring substituents is 1. The molecule has 1 amide bonds. The van der Waals surface area contributed by atoms with E-state index in [-0.39, 0.29) is 17.0 Å². The van der Waals surface area contributed by atoms with Crippen molar-refractivity contribution in [2.75, 3.05) is 7.11 Å². The Kier molecular flexibility index (Phi) is 5.77. The van der Waals surface area contributed by atoms with Crippen molar-refractivity contribution in [3.8, 4) is 5.75 Å². The zero-order chi connectivity index (χ0) is 18.2. The monoisotopic (exact) mass is 343 g/mol. The van der Waals surface area contributed by atoms with Crippen molar-refractivity contribution < 1.29 is 24.0 Å². The Morgan fingerprint density at radius 2 is 1.92 bits per heavy atom. The van der Waals surface area contributed by atoms with E-state index < -0.39 is 17.0 Å². The molecule has 0 spiro atoms. The number of hydrogen-bond donors (Lipinski definition) is 1. The lowest BCUT2D eigenvalue weighted by molar-refractivity contribution is -0.384. The lowest BCUT2D eigenvalue weighted by Gasteiger charge is -2.05. The molecule has 0 saturated carbocycles. The SMILES string of the molecule is COC(=O)N/N=C\c1cccc(OC(=O)c2ccc([N+](=O)[O-])cc2)c1. The first-order chi connectivity index (χ1) is 12.0. The molecule has 1 N–H and O–H groups in total. The summed E-state index contributed by atoms with van der Waals surface area (Å²) in [6.07, 6.45) is 0.636. The van der Waals surface area contributed by atoms with Gasteiger partial charge in [-0.15, -0.1) is 0 Å². The first-order valence-corrected chi connectivity index (χ1v) is 6.93. The predicted molar refractivity (Wildman–Crippen MR) is 87.6 cm³/mol. The number of ether oxygens (including phenoxy) is 2. The van der Waals surface area contributed by atoms with Gasteiger partial charge in [-0.3, -0.25) is 10.1 Å². The molecule has 128 valence electrons. The van der Waals surface area contributed by atoms with Gasteiger partial charge in [0.05, 0.1) is 23.8 Å². The summed E-state index contributed by atoms with van der Waals surface area (Å²) in [5.74, 6) is -0.401. The van der Waals surface area contributed by atoms with Gasteiger partial charge in [-0.25, -0.2) is 15.0 Å². The first-order valence-electron chi connectivity index (χ1n) is 6.93. The van der Waals surface area contributed by atoms with Crippen LogP contribution >= 0.6 is 0 Å². The van der Waals surface area contributed by atoms with Gasteiger partial charge in [-0.2, -0.15) is 5.10 Å². The van der Waals surface area contributed by atoms with E-state index in [0.29, 0.717) is 5.56 Å². The van der Waals surface area contributed by atoms with Gasteiger partial charge in [0.1, 0.15) is 5.75 Å². The van der Waals surface area contributed by atoms with Crippen molar-refractivity contribution >= 4 is 24.0 Å². The minimum Gasteiger partial charge on any atom is -0.452 e. The van der Waals surface area contributed by atoms with E-state index in [2.05, 4.69) is 15.3 Å². The van der Waals surface area contributed by atoms with E-state index in [9.17, 15) is 19.7 Å². The fourth-order valence-corrected chi connectivity index (χ4v) is 1.75. The van der Waals surface area contributed by atoms with Crippen LogP contribution < -0.4 is 10.2 Å². The number of esters is 1. The van der Waals surface area contributed by atoms with Gasteiger partial charge in [0.15, 0.2) is 0 Å². The highest BCUT2D eigenvalue weighted by Crippen LogP contribution is 2.16. The first kappa shape index (κ1) is 17.6. The van der Waals surface area contributed by atoms with Gasteiger partial charge in [0, 0.05) is 12.1 Å². The van der Waals surface area contributed by atoms with E-state index in [4.69, 9.17) is 4.74 Å². The number of methoxy groups -OCH3 is 1. The molecule has 2 aromatic carbocycles. The largest absolute Gasteiger partial charge is 0.452 e. The summed E-state index contributed by atoms with van der Waals surface area (Å²) in [6, 6.07) is 11.5. The second-order valence-corrected chi connectivity index (χ2v) is 4.63. The number of hydrazone groups is 1. The van der Waals surface area contributed by atoms with Gasteiger partial charge >= 0.3 is 12.1 Å². The average Bonchev–Trinajstić information content (AvgIpc) is 2.62. The van der Waals surface area contributed by atoms with Crippen LogP contribution in [0.5, 0.6) is 5.75 Å². The molecule has 0 heterocycles. The third-order valence-corrected chi connectivity index (χ3v) is 2.94. The quantitative estimate of drug-likeness (QED) is 0.293. The van der Waals surface area contributed by atoms with Crippen LogP contribution in [-0.4, -0.2) is 30.3 Å². The molecule has 0 saturated heterocycles. The number of nitrogens with zero attached hydrogens (tertiary/aromatic N) is 2. The second kappa shape index (κ2) is 8.20. The molecular weight excluding hydrogens is 330 g/mol. The Bertz CT molecular complexity index is 817. The Morgan fingerprint density at radius 3 is 2.56 bits per heavy atom. The molecule has 0 unspecified atom stereocenters. The molecule has 2 aromatic rings. The summed E-state index contributed by atoms with van der Waals surface area (Å²) in [5.41, 5.74) is 2.76. The third-order valence-electron chi connectivity index (χ3n) is 2.94. The van der Waals surface area contributed by atoms with Crippen molar-refractivity contribution in [2.24, 2.45) is 5.10 Å². The molecule has 25 heavy (non-hydrogen) atoms. The molecule has 0 aliphatic carbocycles. The lowest BCUT2D eigenvalue weighted by Crippen LogP contribution is -2.16. The number of nitrogens with one attached hydrogen (secondary N) is 1. The summed E-state index contributed by atoms with van der Waals surface area (Å²) in [4.78, 5) is 33.0. The summed E-state index contributed by atoms with van der Waals surface area (Å²) in [5, 5.41) is 14.3. The zero-order valence-corrected chi connectivity index (χ0v) is 13.0. The van der Waals surface area contributed by atoms with Gasteiger partial charge in [0.2, 0.25) is 0 Å². The minimum absolute atomic E-state index is 0.118. The predicted octanol–water partition coefficient (Wildman–Crippen LogP) is 2.50. The zero-order valence-electron chi connectivity index (χ0n) is 13.0. The third kappa shape index (κ3) is 5.13. The minimum atomic E-state index is -0.711. The molecule has 0 aliphatic rings. The number of hydrogen-bond acceptors (Lipinski definition) is 7. The molecule has 2 rings (SSSR count).